The molecular formula is C23H26ClN5O4S. The molecule has 0 radical (unpaired) electrons. The molecule has 4 rings (SSSR count). The summed E-state index contributed by atoms with van der Waals surface area (Å²) in [5.74, 6) is -0.166. The number of benzene rings is 2. The molecule has 2 fully saturated rings. The lowest BCUT2D eigenvalue weighted by Gasteiger charge is -2.37. The van der Waals surface area contributed by atoms with Crippen LogP contribution in [0.1, 0.15) is 5.56 Å². The molecule has 9 nitrogen and oxygen atoms in total. The molecule has 34 heavy (non-hydrogen) atoms. The van der Waals surface area contributed by atoms with Crippen LogP contribution in [0, 0.1) is 10.1 Å². The lowest BCUT2D eigenvalue weighted by molar-refractivity contribution is -0.384. The van der Waals surface area contributed by atoms with Gasteiger partial charge in [-0.15, -0.1) is 0 Å². The van der Waals surface area contributed by atoms with Crippen LogP contribution in [0.5, 0.6) is 0 Å². The lowest BCUT2D eigenvalue weighted by atomic mass is 10.1. The number of anilines is 2. The summed E-state index contributed by atoms with van der Waals surface area (Å²) < 4.78 is 5.39. The molecule has 0 aromatic heterocycles. The highest BCUT2D eigenvalue weighted by molar-refractivity contribution is 7.80. The molecule has 2 aliphatic heterocycles. The molecule has 2 saturated heterocycles. The summed E-state index contributed by atoms with van der Waals surface area (Å²) in [6.07, 6.45) is 0.227. The SMILES string of the molecule is O=C(Cc1ccc(Cl)cc1)NC(=S)N1CCN(c2ccc([N+](=O)[O-])c(N3CCOCC3)c2)CC1. The number of carbonyl (C=O) groups is 1. The summed E-state index contributed by atoms with van der Waals surface area (Å²) in [4.78, 5) is 29.8. The fourth-order valence-electron chi connectivity index (χ4n) is 4.12. The second-order valence-corrected chi connectivity index (χ2v) is 8.98. The van der Waals surface area contributed by atoms with Crippen LogP contribution in [0.3, 0.4) is 0 Å². The van der Waals surface area contributed by atoms with Crippen LogP contribution in [0.25, 0.3) is 0 Å². The second-order valence-electron chi connectivity index (χ2n) is 8.16. The number of rotatable bonds is 5. The van der Waals surface area contributed by atoms with E-state index in [2.05, 4.69) is 10.2 Å². The first kappa shape index (κ1) is 24.2. The first-order valence-electron chi connectivity index (χ1n) is 11.1. The average Bonchev–Trinajstić information content (AvgIpc) is 2.85. The van der Waals surface area contributed by atoms with Crippen LogP contribution in [0.15, 0.2) is 42.5 Å². The van der Waals surface area contributed by atoms with E-state index in [1.54, 1.807) is 24.3 Å². The molecule has 1 amide bonds. The zero-order valence-electron chi connectivity index (χ0n) is 18.6. The first-order valence-corrected chi connectivity index (χ1v) is 11.9. The highest BCUT2D eigenvalue weighted by atomic mass is 35.5. The minimum Gasteiger partial charge on any atom is -0.378 e. The smallest absolute Gasteiger partial charge is 0.292 e. The number of thiocarbonyl (C=S) groups is 1. The third-order valence-electron chi connectivity index (χ3n) is 5.96. The van der Waals surface area contributed by atoms with E-state index in [-0.39, 0.29) is 22.9 Å². The van der Waals surface area contributed by atoms with Crippen LogP contribution >= 0.6 is 23.8 Å². The second kappa shape index (κ2) is 11.0. The number of nitro benzene ring substituents is 1. The molecule has 0 unspecified atom stereocenters. The van der Waals surface area contributed by atoms with Crippen LogP contribution < -0.4 is 15.1 Å². The molecule has 2 heterocycles. The summed E-state index contributed by atoms with van der Waals surface area (Å²) in [7, 11) is 0. The summed E-state index contributed by atoms with van der Waals surface area (Å²) >= 11 is 11.3. The molecule has 0 saturated carbocycles. The van der Waals surface area contributed by atoms with Crippen molar-refractivity contribution in [1.82, 2.24) is 10.2 Å². The van der Waals surface area contributed by atoms with E-state index in [0.29, 0.717) is 68.3 Å². The molecule has 0 aliphatic carbocycles. The van der Waals surface area contributed by atoms with Crippen molar-refractivity contribution in [2.45, 2.75) is 6.42 Å². The van der Waals surface area contributed by atoms with Gasteiger partial charge in [0.2, 0.25) is 5.91 Å². The molecule has 11 heteroatoms. The number of halogens is 1. The quantitative estimate of drug-likeness (QED) is 0.378. The third kappa shape index (κ3) is 5.94. The normalized spacial score (nSPS) is 16.3. The number of ether oxygens (including phenoxy) is 1. The minimum atomic E-state index is -0.336. The van der Waals surface area contributed by atoms with Crippen LogP contribution in [-0.4, -0.2) is 73.3 Å². The molecule has 0 bridgehead atoms. The highest BCUT2D eigenvalue weighted by Crippen LogP contribution is 2.33. The van der Waals surface area contributed by atoms with Gasteiger partial charge in [-0.1, -0.05) is 23.7 Å². The third-order valence-corrected chi connectivity index (χ3v) is 6.58. The zero-order chi connectivity index (χ0) is 24.1. The average molecular weight is 504 g/mol. The summed E-state index contributed by atoms with van der Waals surface area (Å²) in [6, 6.07) is 12.4. The van der Waals surface area contributed by atoms with E-state index in [9.17, 15) is 14.9 Å². The van der Waals surface area contributed by atoms with E-state index in [4.69, 9.17) is 28.6 Å². The van der Waals surface area contributed by atoms with Gasteiger partial charge < -0.3 is 24.8 Å². The van der Waals surface area contributed by atoms with E-state index < -0.39 is 0 Å². The number of amides is 1. The largest absolute Gasteiger partial charge is 0.378 e. The Morgan fingerprint density at radius 2 is 1.71 bits per heavy atom. The van der Waals surface area contributed by atoms with E-state index >= 15 is 0 Å². The van der Waals surface area contributed by atoms with Gasteiger partial charge >= 0.3 is 0 Å². The fraction of sp³-hybridized carbons (Fsp3) is 0.391. The maximum atomic E-state index is 12.4. The van der Waals surface area contributed by atoms with Gasteiger partial charge in [0.05, 0.1) is 24.6 Å². The van der Waals surface area contributed by atoms with E-state index in [1.165, 1.54) is 0 Å². The monoisotopic (exact) mass is 503 g/mol. The fourth-order valence-corrected chi connectivity index (χ4v) is 4.54. The van der Waals surface area contributed by atoms with Crippen LogP contribution in [-0.2, 0) is 16.0 Å². The Labute approximate surface area is 208 Å². The first-order chi connectivity index (χ1) is 16.4. The number of hydrogen-bond donors (Lipinski definition) is 1. The predicted molar refractivity (Wildman–Crippen MR) is 136 cm³/mol. The molecule has 2 aromatic rings. The Morgan fingerprint density at radius 3 is 2.35 bits per heavy atom. The van der Waals surface area contributed by atoms with Gasteiger partial charge in [-0.25, -0.2) is 0 Å². The van der Waals surface area contributed by atoms with E-state index in [0.717, 1.165) is 11.3 Å². The standard InChI is InChI=1S/C23H26ClN5O4S/c24-18-3-1-17(2-4-18)15-22(30)25-23(34)28-9-7-26(8-10-28)19-5-6-20(29(31)32)21(16-19)27-11-13-33-14-12-27/h1-6,16H,7-15H2,(H,25,30,34). The number of piperazine rings is 1. The number of morpholine rings is 1. The van der Waals surface area contributed by atoms with Gasteiger partial charge in [-0.2, -0.15) is 0 Å². The summed E-state index contributed by atoms with van der Waals surface area (Å²) in [6.45, 7) is 5.03. The molecular weight excluding hydrogens is 478 g/mol. The van der Waals surface area contributed by atoms with Gasteiger partial charge in [0.1, 0.15) is 5.69 Å². The predicted octanol–water partition coefficient (Wildman–Crippen LogP) is 2.85. The zero-order valence-corrected chi connectivity index (χ0v) is 20.2. The van der Waals surface area contributed by atoms with Crippen molar-refractivity contribution in [3.05, 3.63) is 63.2 Å². The van der Waals surface area contributed by atoms with E-state index in [1.807, 2.05) is 28.0 Å². The van der Waals surface area contributed by atoms with Crippen molar-refractivity contribution in [2.24, 2.45) is 0 Å². The van der Waals surface area contributed by atoms with Gasteiger partial charge in [0.15, 0.2) is 5.11 Å². The van der Waals surface area contributed by atoms with Crippen molar-refractivity contribution in [3.63, 3.8) is 0 Å². The van der Waals surface area contributed by atoms with Crippen molar-refractivity contribution in [1.29, 1.82) is 0 Å². The topological polar surface area (TPSA) is 91.2 Å². The molecule has 0 atom stereocenters. The maximum Gasteiger partial charge on any atom is 0.292 e. The number of nitrogens with one attached hydrogen (secondary N) is 1. The van der Waals surface area contributed by atoms with Crippen molar-refractivity contribution >= 4 is 51.9 Å². The molecule has 1 N–H and O–H groups in total. The van der Waals surface area contributed by atoms with Gasteiger partial charge in [0.25, 0.3) is 5.69 Å². The van der Waals surface area contributed by atoms with Crippen molar-refractivity contribution in [3.8, 4) is 0 Å². The van der Waals surface area contributed by atoms with Crippen LogP contribution in [0.4, 0.5) is 17.1 Å². The Hall–Kier alpha value is -2.95. The summed E-state index contributed by atoms with van der Waals surface area (Å²) in [5.41, 5.74) is 2.53. The van der Waals surface area contributed by atoms with Gasteiger partial charge in [-0.05, 0) is 42.0 Å². The number of nitrogens with zero attached hydrogens (tertiary/aromatic N) is 4. The maximum absolute atomic E-state index is 12.4. The van der Waals surface area contributed by atoms with Crippen molar-refractivity contribution < 1.29 is 14.5 Å². The lowest BCUT2D eigenvalue weighted by Crippen LogP contribution is -2.53. The van der Waals surface area contributed by atoms with Crippen molar-refractivity contribution in [2.75, 3.05) is 62.3 Å². The highest BCUT2D eigenvalue weighted by Gasteiger charge is 2.25. The van der Waals surface area contributed by atoms with Gasteiger partial charge in [0, 0.05) is 56.0 Å². The Kier molecular flexibility index (Phi) is 7.81. The molecule has 180 valence electrons. The number of nitro groups is 1. The Morgan fingerprint density at radius 1 is 1.03 bits per heavy atom. The Bertz CT molecular complexity index is 1050. The molecule has 2 aromatic carbocycles. The van der Waals surface area contributed by atoms with Crippen LogP contribution in [0.2, 0.25) is 5.02 Å². The molecule has 2 aliphatic rings. The number of hydrogen-bond acceptors (Lipinski definition) is 7. The Balaban J connectivity index is 1.34. The molecule has 0 spiro atoms. The summed E-state index contributed by atoms with van der Waals surface area (Å²) in [5, 5.41) is 15.4. The minimum absolute atomic E-state index is 0.105. The number of carbonyl (C=O) groups excluding carboxylic acids is 1. The van der Waals surface area contributed by atoms with Gasteiger partial charge in [-0.3, -0.25) is 14.9 Å².